The van der Waals surface area contributed by atoms with Gasteiger partial charge in [0.05, 0.1) is 0 Å². The number of benzene rings is 1. The molecule has 1 fully saturated rings. The molecular formula is C13H19N3O. The molecule has 4 nitrogen and oxygen atoms in total. The van der Waals surface area contributed by atoms with Crippen LogP contribution >= 0.6 is 0 Å². The molecule has 1 unspecified atom stereocenters. The van der Waals surface area contributed by atoms with E-state index in [0.29, 0.717) is 11.6 Å². The van der Waals surface area contributed by atoms with Crippen molar-refractivity contribution in [3.8, 4) is 0 Å². The van der Waals surface area contributed by atoms with Gasteiger partial charge in [-0.3, -0.25) is 4.79 Å². The second-order valence-electron chi connectivity index (χ2n) is 4.55. The smallest absolute Gasteiger partial charge is 0.251 e. The molecular weight excluding hydrogens is 214 g/mol. The van der Waals surface area contributed by atoms with Gasteiger partial charge in [-0.1, -0.05) is 0 Å². The number of nitrogens with one attached hydrogen (secondary N) is 2. The third-order valence-electron chi connectivity index (χ3n) is 3.14. The van der Waals surface area contributed by atoms with Gasteiger partial charge in [0, 0.05) is 30.9 Å². The molecule has 2 rings (SSSR count). The fraction of sp³-hybridized carbons (Fsp3) is 0.462. The van der Waals surface area contributed by atoms with E-state index in [9.17, 15) is 4.79 Å². The quantitative estimate of drug-likeness (QED) is 0.823. The third-order valence-corrected chi connectivity index (χ3v) is 3.14. The van der Waals surface area contributed by atoms with Crippen LogP contribution < -0.4 is 10.6 Å². The van der Waals surface area contributed by atoms with Crippen molar-refractivity contribution in [1.82, 2.24) is 10.2 Å². The van der Waals surface area contributed by atoms with E-state index in [0.717, 1.165) is 18.8 Å². The van der Waals surface area contributed by atoms with Gasteiger partial charge in [0.2, 0.25) is 0 Å². The predicted octanol–water partition coefficient (Wildman–Crippen LogP) is 1.16. The van der Waals surface area contributed by atoms with Crippen molar-refractivity contribution in [2.24, 2.45) is 0 Å². The zero-order valence-electron chi connectivity index (χ0n) is 10.4. The maximum Gasteiger partial charge on any atom is 0.251 e. The summed E-state index contributed by atoms with van der Waals surface area (Å²) in [5, 5.41) is 6.10. The first-order valence-electron chi connectivity index (χ1n) is 5.96. The maximum atomic E-state index is 11.4. The molecule has 1 heterocycles. The lowest BCUT2D eigenvalue weighted by molar-refractivity contribution is 0.0963. The molecule has 1 aliphatic heterocycles. The molecule has 4 heteroatoms. The molecule has 0 spiro atoms. The number of amides is 1. The van der Waals surface area contributed by atoms with E-state index in [1.54, 1.807) is 7.05 Å². The number of hydrogen-bond donors (Lipinski definition) is 2. The van der Waals surface area contributed by atoms with Crippen LogP contribution in [0.1, 0.15) is 16.8 Å². The molecule has 0 radical (unpaired) electrons. The summed E-state index contributed by atoms with van der Waals surface area (Å²) in [4.78, 5) is 13.7. The van der Waals surface area contributed by atoms with Crippen LogP contribution in [0.25, 0.3) is 0 Å². The van der Waals surface area contributed by atoms with Crippen molar-refractivity contribution in [2.75, 3.05) is 32.5 Å². The molecule has 0 aromatic heterocycles. The van der Waals surface area contributed by atoms with E-state index in [1.807, 2.05) is 24.3 Å². The fourth-order valence-corrected chi connectivity index (χ4v) is 2.15. The van der Waals surface area contributed by atoms with Crippen LogP contribution in [0.2, 0.25) is 0 Å². The SMILES string of the molecule is CNC(=O)c1ccc(NC2CCN(C)C2)cc1. The highest BCUT2D eigenvalue weighted by Gasteiger charge is 2.18. The highest BCUT2D eigenvalue weighted by Crippen LogP contribution is 2.15. The Morgan fingerprint density at radius 1 is 1.35 bits per heavy atom. The monoisotopic (exact) mass is 233 g/mol. The van der Waals surface area contributed by atoms with Crippen LogP contribution in [0.5, 0.6) is 0 Å². The number of rotatable bonds is 3. The Morgan fingerprint density at radius 3 is 2.59 bits per heavy atom. The minimum atomic E-state index is -0.0443. The summed E-state index contributed by atoms with van der Waals surface area (Å²) in [7, 11) is 3.78. The van der Waals surface area contributed by atoms with E-state index in [4.69, 9.17) is 0 Å². The molecule has 1 saturated heterocycles. The van der Waals surface area contributed by atoms with Gasteiger partial charge in [-0.05, 0) is 44.3 Å². The van der Waals surface area contributed by atoms with Crippen molar-refractivity contribution in [2.45, 2.75) is 12.5 Å². The van der Waals surface area contributed by atoms with Crippen molar-refractivity contribution in [3.05, 3.63) is 29.8 Å². The second kappa shape index (κ2) is 5.19. The average Bonchev–Trinajstić information content (AvgIpc) is 2.75. The molecule has 1 amide bonds. The van der Waals surface area contributed by atoms with Crippen LogP contribution in [0.15, 0.2) is 24.3 Å². The van der Waals surface area contributed by atoms with Gasteiger partial charge in [0.15, 0.2) is 0 Å². The standard InChI is InChI=1S/C13H19N3O/c1-14-13(17)10-3-5-11(6-4-10)15-12-7-8-16(2)9-12/h3-6,12,15H,7-9H2,1-2H3,(H,14,17). The van der Waals surface area contributed by atoms with Gasteiger partial charge in [0.1, 0.15) is 0 Å². The zero-order chi connectivity index (χ0) is 12.3. The van der Waals surface area contributed by atoms with E-state index in [1.165, 1.54) is 6.42 Å². The summed E-state index contributed by atoms with van der Waals surface area (Å²) in [5.74, 6) is -0.0443. The molecule has 0 bridgehead atoms. The molecule has 17 heavy (non-hydrogen) atoms. The largest absolute Gasteiger partial charge is 0.381 e. The summed E-state index contributed by atoms with van der Waals surface area (Å²) in [6, 6.07) is 8.14. The van der Waals surface area contributed by atoms with E-state index >= 15 is 0 Å². The molecule has 1 aromatic rings. The number of likely N-dealkylation sites (tertiary alicyclic amines) is 1. The van der Waals surface area contributed by atoms with Crippen molar-refractivity contribution in [3.63, 3.8) is 0 Å². The summed E-state index contributed by atoms with van der Waals surface area (Å²) < 4.78 is 0. The van der Waals surface area contributed by atoms with Gasteiger partial charge in [0.25, 0.3) is 5.91 Å². The summed E-state index contributed by atoms with van der Waals surface area (Å²) in [6.07, 6.45) is 1.17. The molecule has 1 atom stereocenters. The number of hydrogen-bond acceptors (Lipinski definition) is 3. The molecule has 0 saturated carbocycles. The maximum absolute atomic E-state index is 11.4. The normalized spacial score (nSPS) is 20.2. The Labute approximate surface area is 102 Å². The van der Waals surface area contributed by atoms with E-state index in [-0.39, 0.29) is 5.91 Å². The van der Waals surface area contributed by atoms with Crippen LogP contribution in [0.3, 0.4) is 0 Å². The van der Waals surface area contributed by atoms with Gasteiger partial charge in [-0.2, -0.15) is 0 Å². The Hall–Kier alpha value is -1.55. The van der Waals surface area contributed by atoms with Crippen LogP contribution in [-0.2, 0) is 0 Å². The van der Waals surface area contributed by atoms with Crippen LogP contribution in [0, 0.1) is 0 Å². The number of likely N-dealkylation sites (N-methyl/N-ethyl adjacent to an activating group) is 1. The predicted molar refractivity (Wildman–Crippen MR) is 69.4 cm³/mol. The number of anilines is 1. The molecule has 0 aliphatic carbocycles. The van der Waals surface area contributed by atoms with Gasteiger partial charge in [-0.25, -0.2) is 0 Å². The first-order valence-corrected chi connectivity index (χ1v) is 5.96. The lowest BCUT2D eigenvalue weighted by atomic mass is 10.1. The zero-order valence-corrected chi connectivity index (χ0v) is 10.4. The summed E-state index contributed by atoms with van der Waals surface area (Å²) in [5.41, 5.74) is 1.78. The topological polar surface area (TPSA) is 44.4 Å². The molecule has 92 valence electrons. The van der Waals surface area contributed by atoms with Gasteiger partial charge < -0.3 is 15.5 Å². The molecule has 1 aromatic carbocycles. The molecule has 1 aliphatic rings. The first kappa shape index (κ1) is 11.9. The van der Waals surface area contributed by atoms with Crippen LogP contribution in [-0.4, -0.2) is 44.0 Å². The number of carbonyl (C=O) groups is 1. The van der Waals surface area contributed by atoms with E-state index in [2.05, 4.69) is 22.6 Å². The summed E-state index contributed by atoms with van der Waals surface area (Å²) in [6.45, 7) is 2.23. The molecule has 2 N–H and O–H groups in total. The Balaban J connectivity index is 1.96. The lowest BCUT2D eigenvalue weighted by Crippen LogP contribution is -2.23. The van der Waals surface area contributed by atoms with E-state index < -0.39 is 0 Å². The number of carbonyl (C=O) groups excluding carboxylic acids is 1. The highest BCUT2D eigenvalue weighted by molar-refractivity contribution is 5.94. The Bertz CT molecular complexity index is 388. The van der Waals surface area contributed by atoms with Crippen molar-refractivity contribution >= 4 is 11.6 Å². The summed E-state index contributed by atoms with van der Waals surface area (Å²) >= 11 is 0. The number of nitrogens with zero attached hydrogens (tertiary/aromatic N) is 1. The lowest BCUT2D eigenvalue weighted by Gasteiger charge is -2.14. The third kappa shape index (κ3) is 2.97. The van der Waals surface area contributed by atoms with Crippen molar-refractivity contribution < 1.29 is 4.79 Å². The fourth-order valence-electron chi connectivity index (χ4n) is 2.15. The van der Waals surface area contributed by atoms with Gasteiger partial charge in [-0.15, -0.1) is 0 Å². The van der Waals surface area contributed by atoms with Crippen LogP contribution in [0.4, 0.5) is 5.69 Å². The second-order valence-corrected chi connectivity index (χ2v) is 4.55. The first-order chi connectivity index (χ1) is 8.19. The highest BCUT2D eigenvalue weighted by atomic mass is 16.1. The average molecular weight is 233 g/mol. The van der Waals surface area contributed by atoms with Crippen molar-refractivity contribution in [1.29, 1.82) is 0 Å². The minimum absolute atomic E-state index is 0.0443. The Morgan fingerprint density at radius 2 is 2.06 bits per heavy atom. The van der Waals surface area contributed by atoms with Gasteiger partial charge >= 0.3 is 0 Å². The Kier molecular flexibility index (Phi) is 3.64. The minimum Gasteiger partial charge on any atom is -0.381 e.